The van der Waals surface area contributed by atoms with Gasteiger partial charge in [0, 0.05) is 36.9 Å². The van der Waals surface area contributed by atoms with Gasteiger partial charge in [0.15, 0.2) is 0 Å². The van der Waals surface area contributed by atoms with Crippen LogP contribution < -0.4 is 10.2 Å². The zero-order chi connectivity index (χ0) is 20.5. The second-order valence-electron chi connectivity index (χ2n) is 8.28. The third kappa shape index (κ3) is 2.77. The van der Waals surface area contributed by atoms with Crippen molar-refractivity contribution < 1.29 is 5.11 Å². The molecule has 0 radical (unpaired) electrons. The van der Waals surface area contributed by atoms with Gasteiger partial charge in [0.2, 0.25) is 0 Å². The molecule has 2 fully saturated rings. The molecule has 2 N–H and O–H groups in total. The first-order valence-corrected chi connectivity index (χ1v) is 10.9. The Bertz CT molecular complexity index is 1310. The van der Waals surface area contributed by atoms with Crippen LogP contribution in [0.3, 0.4) is 0 Å². The van der Waals surface area contributed by atoms with Gasteiger partial charge in [-0.3, -0.25) is 4.40 Å². The lowest BCUT2D eigenvalue weighted by Crippen LogP contribution is -2.52. The Kier molecular flexibility index (Phi) is 3.97. The Morgan fingerprint density at radius 2 is 1.97 bits per heavy atom. The molecule has 1 saturated heterocycles. The molecule has 1 saturated carbocycles. The molecule has 2 aliphatic rings. The van der Waals surface area contributed by atoms with Gasteiger partial charge in [-0.15, -0.1) is 0 Å². The quantitative estimate of drug-likeness (QED) is 0.456. The van der Waals surface area contributed by atoms with E-state index in [4.69, 9.17) is 28.2 Å². The maximum absolute atomic E-state index is 10.4. The van der Waals surface area contributed by atoms with Gasteiger partial charge in [-0.25, -0.2) is 4.98 Å². The second kappa shape index (κ2) is 6.51. The van der Waals surface area contributed by atoms with E-state index in [1.165, 1.54) is 18.5 Å². The summed E-state index contributed by atoms with van der Waals surface area (Å²) in [6.45, 7) is 3.00. The van der Waals surface area contributed by atoms with Crippen molar-refractivity contribution in [2.75, 3.05) is 24.5 Å². The first kappa shape index (κ1) is 18.3. The van der Waals surface area contributed by atoms with Crippen LogP contribution in [-0.4, -0.2) is 39.7 Å². The molecule has 0 unspecified atom stereocenters. The van der Waals surface area contributed by atoms with Crippen LogP contribution in [0.2, 0.25) is 10.0 Å². The third-order valence-electron chi connectivity index (χ3n) is 6.34. The number of pyridine rings is 1. The van der Waals surface area contributed by atoms with Crippen LogP contribution in [0.15, 0.2) is 48.7 Å². The minimum atomic E-state index is 0.0982. The van der Waals surface area contributed by atoms with E-state index in [2.05, 4.69) is 32.8 Å². The van der Waals surface area contributed by atoms with Crippen molar-refractivity contribution in [1.29, 1.82) is 0 Å². The molecule has 0 bridgehead atoms. The lowest BCUT2D eigenvalue weighted by atomic mass is 10.1. The van der Waals surface area contributed by atoms with Gasteiger partial charge >= 0.3 is 0 Å². The smallest absolute Gasteiger partial charge is 0.138 e. The van der Waals surface area contributed by atoms with Gasteiger partial charge in [-0.2, -0.15) is 0 Å². The van der Waals surface area contributed by atoms with Crippen LogP contribution in [0.5, 0.6) is 5.75 Å². The highest BCUT2D eigenvalue weighted by Crippen LogP contribution is 2.42. The van der Waals surface area contributed by atoms with Crippen LogP contribution in [0, 0.1) is 0 Å². The second-order valence-corrected chi connectivity index (χ2v) is 9.07. The summed E-state index contributed by atoms with van der Waals surface area (Å²) >= 11 is 12.6. The van der Waals surface area contributed by atoms with Crippen molar-refractivity contribution >= 4 is 45.6 Å². The van der Waals surface area contributed by atoms with Crippen LogP contribution in [-0.2, 0) is 0 Å². The highest BCUT2D eigenvalue weighted by molar-refractivity contribution is 6.44. The number of phenolic OH excluding ortho intramolecular Hbond substituents is 1. The summed E-state index contributed by atoms with van der Waals surface area (Å²) in [5.74, 6) is 0.0982. The molecule has 30 heavy (non-hydrogen) atoms. The Morgan fingerprint density at radius 3 is 2.80 bits per heavy atom. The molecular formula is C23H20Cl2N4O. The first-order valence-electron chi connectivity index (χ1n) is 10.1. The van der Waals surface area contributed by atoms with Gasteiger partial charge in [-0.1, -0.05) is 29.3 Å². The van der Waals surface area contributed by atoms with Crippen LogP contribution in [0.4, 0.5) is 5.69 Å². The van der Waals surface area contributed by atoms with E-state index in [1.54, 1.807) is 12.1 Å². The minimum absolute atomic E-state index is 0.0982. The highest BCUT2D eigenvalue weighted by atomic mass is 35.5. The van der Waals surface area contributed by atoms with Crippen LogP contribution >= 0.6 is 23.2 Å². The number of piperazine rings is 1. The lowest BCUT2D eigenvalue weighted by Gasteiger charge is -2.35. The average Bonchev–Trinajstić information content (AvgIpc) is 3.38. The molecular weight excluding hydrogens is 419 g/mol. The molecule has 7 heteroatoms. The van der Waals surface area contributed by atoms with E-state index in [0.29, 0.717) is 21.1 Å². The summed E-state index contributed by atoms with van der Waals surface area (Å²) in [7, 11) is 0. The van der Waals surface area contributed by atoms with Crippen LogP contribution in [0.1, 0.15) is 12.8 Å². The topological polar surface area (TPSA) is 52.8 Å². The maximum Gasteiger partial charge on any atom is 0.138 e. The zero-order valence-electron chi connectivity index (χ0n) is 16.2. The molecule has 3 heterocycles. The van der Waals surface area contributed by atoms with E-state index < -0.39 is 0 Å². The summed E-state index contributed by atoms with van der Waals surface area (Å²) in [6, 6.07) is 13.4. The predicted octanol–water partition coefficient (Wildman–Crippen LogP) is 5.11. The number of hydrogen-bond donors (Lipinski definition) is 2. The van der Waals surface area contributed by atoms with E-state index in [9.17, 15) is 5.11 Å². The largest absolute Gasteiger partial charge is 0.507 e. The zero-order valence-corrected chi connectivity index (χ0v) is 17.7. The van der Waals surface area contributed by atoms with Gasteiger partial charge in [0.1, 0.15) is 16.9 Å². The normalized spacial score (nSPS) is 17.9. The fourth-order valence-electron chi connectivity index (χ4n) is 4.59. The Morgan fingerprint density at radius 1 is 1.10 bits per heavy atom. The Hall–Kier alpha value is -2.47. The number of anilines is 1. The Balaban J connectivity index is 1.50. The average molecular weight is 439 g/mol. The molecule has 6 rings (SSSR count). The van der Waals surface area contributed by atoms with Crippen molar-refractivity contribution in [3.8, 4) is 16.9 Å². The maximum atomic E-state index is 10.4. The summed E-state index contributed by atoms with van der Waals surface area (Å²) in [6.07, 6.45) is 4.47. The number of aromatic hydroxyl groups is 1. The van der Waals surface area contributed by atoms with Crippen LogP contribution in [0.25, 0.3) is 27.8 Å². The summed E-state index contributed by atoms with van der Waals surface area (Å²) < 4.78 is 2.08. The molecule has 4 aromatic rings. The minimum Gasteiger partial charge on any atom is -0.507 e. The number of nitrogens with zero attached hydrogens (tertiary/aromatic N) is 3. The lowest BCUT2D eigenvalue weighted by molar-refractivity contribution is 0.443. The summed E-state index contributed by atoms with van der Waals surface area (Å²) in [4.78, 5) is 7.43. The van der Waals surface area contributed by atoms with Gasteiger partial charge in [0.05, 0.1) is 21.2 Å². The highest BCUT2D eigenvalue weighted by Gasteiger charge is 2.45. The molecule has 1 aliphatic carbocycles. The molecule has 0 atom stereocenters. The van der Waals surface area contributed by atoms with E-state index in [1.807, 2.05) is 18.3 Å². The van der Waals surface area contributed by atoms with Crippen molar-refractivity contribution in [1.82, 2.24) is 14.7 Å². The number of fused-ring (bicyclic) bond motifs is 3. The van der Waals surface area contributed by atoms with Crippen molar-refractivity contribution in [3.63, 3.8) is 0 Å². The van der Waals surface area contributed by atoms with Crippen molar-refractivity contribution in [2.45, 2.75) is 18.4 Å². The number of benzene rings is 2. The number of rotatable bonds is 2. The molecule has 152 valence electrons. The summed E-state index contributed by atoms with van der Waals surface area (Å²) in [5, 5.41) is 14.8. The molecule has 2 aromatic heterocycles. The standard InChI is InChI=1S/C23H20Cl2N4O/c24-15-4-5-18(30)20(21(15)25)14-6-10-29-17-3-1-2-16(22(17)27-19(29)12-14)28-11-9-26-23(13-28)7-8-23/h1-6,10,12,26,30H,7-9,11,13H2. The molecule has 5 nitrogen and oxygen atoms in total. The number of phenols is 1. The van der Waals surface area contributed by atoms with Gasteiger partial charge in [-0.05, 0) is 54.8 Å². The first-order chi connectivity index (χ1) is 14.5. The van der Waals surface area contributed by atoms with E-state index >= 15 is 0 Å². The third-order valence-corrected chi connectivity index (χ3v) is 7.15. The van der Waals surface area contributed by atoms with Crippen molar-refractivity contribution in [3.05, 3.63) is 58.7 Å². The Labute approximate surface area is 183 Å². The van der Waals surface area contributed by atoms with Crippen molar-refractivity contribution in [2.24, 2.45) is 0 Å². The van der Waals surface area contributed by atoms with Gasteiger partial charge < -0.3 is 15.3 Å². The van der Waals surface area contributed by atoms with Gasteiger partial charge in [0.25, 0.3) is 0 Å². The number of aromatic nitrogens is 2. The molecule has 1 aliphatic heterocycles. The number of halogens is 2. The molecule has 1 spiro atoms. The fraction of sp³-hybridized carbons (Fsp3) is 0.261. The number of hydrogen-bond acceptors (Lipinski definition) is 4. The monoisotopic (exact) mass is 438 g/mol. The molecule has 2 aromatic carbocycles. The fourth-order valence-corrected chi connectivity index (χ4v) is 5.02. The predicted molar refractivity (Wildman–Crippen MR) is 122 cm³/mol. The van der Waals surface area contributed by atoms with E-state index in [0.717, 1.165) is 41.9 Å². The SMILES string of the molecule is Oc1ccc(Cl)c(Cl)c1-c1ccn2c(c1)nc1c(N3CCNC4(CC4)C3)cccc12. The molecule has 0 amide bonds. The number of imidazole rings is 1. The number of para-hydroxylation sites is 1. The number of nitrogens with one attached hydrogen (secondary N) is 1. The summed E-state index contributed by atoms with van der Waals surface area (Å²) in [5.41, 5.74) is 5.65. The van der Waals surface area contributed by atoms with E-state index in [-0.39, 0.29) is 5.75 Å².